The molecule has 1 fully saturated rings. The molecule has 0 spiro atoms. The molecule has 0 amide bonds. The summed E-state index contributed by atoms with van der Waals surface area (Å²) in [6.07, 6.45) is 2.46. The largest absolute Gasteiger partial charge is 0.370 e. The molecule has 2 nitrogen and oxygen atoms in total. The van der Waals surface area contributed by atoms with E-state index in [9.17, 15) is 0 Å². The van der Waals surface area contributed by atoms with Gasteiger partial charge in [0.05, 0.1) is 0 Å². The lowest BCUT2D eigenvalue weighted by Crippen LogP contribution is -2.30. The lowest BCUT2D eigenvalue weighted by Gasteiger charge is -2.24. The van der Waals surface area contributed by atoms with Gasteiger partial charge >= 0.3 is 0 Å². The fourth-order valence-electron chi connectivity index (χ4n) is 3.00. The molecule has 0 bridgehead atoms. The van der Waals surface area contributed by atoms with Crippen LogP contribution in [0, 0.1) is 0 Å². The number of hydrogen-bond donors (Lipinski definition) is 1. The zero-order valence-electron chi connectivity index (χ0n) is 11.6. The Morgan fingerprint density at radius 2 is 1.95 bits per heavy atom. The summed E-state index contributed by atoms with van der Waals surface area (Å²) in [7, 11) is 0. The maximum atomic E-state index is 3.64. The SMILES string of the molecule is CCC1CCN(c2cccc3ccccc23)CCN1. The molecule has 0 radical (unpaired) electrons. The summed E-state index contributed by atoms with van der Waals surface area (Å²) in [6.45, 7) is 5.61. The Kier molecular flexibility index (Phi) is 3.69. The molecule has 3 rings (SSSR count). The second-order valence-electron chi connectivity index (χ2n) is 5.33. The smallest absolute Gasteiger partial charge is 0.0446 e. The van der Waals surface area contributed by atoms with E-state index in [1.807, 2.05) is 0 Å². The summed E-state index contributed by atoms with van der Waals surface area (Å²) in [5.41, 5.74) is 1.39. The predicted molar refractivity (Wildman–Crippen MR) is 82.9 cm³/mol. The number of fused-ring (bicyclic) bond motifs is 1. The Morgan fingerprint density at radius 1 is 1.11 bits per heavy atom. The minimum absolute atomic E-state index is 0.681. The van der Waals surface area contributed by atoms with Crippen molar-refractivity contribution in [3.05, 3.63) is 42.5 Å². The zero-order chi connectivity index (χ0) is 13.1. The average Bonchev–Trinajstić information content (AvgIpc) is 2.72. The van der Waals surface area contributed by atoms with Crippen molar-refractivity contribution in [1.29, 1.82) is 0 Å². The van der Waals surface area contributed by atoms with Gasteiger partial charge in [-0.25, -0.2) is 0 Å². The number of rotatable bonds is 2. The molecule has 1 atom stereocenters. The third-order valence-electron chi connectivity index (χ3n) is 4.16. The highest BCUT2D eigenvalue weighted by atomic mass is 15.2. The van der Waals surface area contributed by atoms with Gasteiger partial charge in [0.1, 0.15) is 0 Å². The molecule has 19 heavy (non-hydrogen) atoms. The van der Waals surface area contributed by atoms with E-state index in [0.29, 0.717) is 6.04 Å². The van der Waals surface area contributed by atoms with Crippen LogP contribution >= 0.6 is 0 Å². The first-order chi connectivity index (χ1) is 9.38. The molecule has 2 heteroatoms. The molecule has 2 aromatic rings. The Balaban J connectivity index is 1.91. The van der Waals surface area contributed by atoms with Crippen LogP contribution < -0.4 is 10.2 Å². The third-order valence-corrected chi connectivity index (χ3v) is 4.16. The van der Waals surface area contributed by atoms with E-state index in [0.717, 1.165) is 19.6 Å². The molecule has 1 unspecified atom stereocenters. The zero-order valence-corrected chi connectivity index (χ0v) is 11.6. The van der Waals surface area contributed by atoms with Gasteiger partial charge in [0, 0.05) is 36.7 Å². The topological polar surface area (TPSA) is 15.3 Å². The second-order valence-corrected chi connectivity index (χ2v) is 5.33. The van der Waals surface area contributed by atoms with Gasteiger partial charge in [0.2, 0.25) is 0 Å². The Morgan fingerprint density at radius 3 is 2.84 bits per heavy atom. The molecule has 0 saturated carbocycles. The number of anilines is 1. The molecule has 1 saturated heterocycles. The Labute approximate surface area is 115 Å². The van der Waals surface area contributed by atoms with E-state index >= 15 is 0 Å². The van der Waals surface area contributed by atoms with Crippen LogP contribution in [0.3, 0.4) is 0 Å². The molecule has 0 aliphatic carbocycles. The molecule has 1 aliphatic heterocycles. The van der Waals surface area contributed by atoms with E-state index in [-0.39, 0.29) is 0 Å². The van der Waals surface area contributed by atoms with Crippen molar-refractivity contribution < 1.29 is 0 Å². The van der Waals surface area contributed by atoms with Crippen LogP contribution in [0.5, 0.6) is 0 Å². The van der Waals surface area contributed by atoms with Crippen LogP contribution in [0.15, 0.2) is 42.5 Å². The summed E-state index contributed by atoms with van der Waals surface area (Å²) >= 11 is 0. The molecule has 100 valence electrons. The molecule has 2 aromatic carbocycles. The van der Waals surface area contributed by atoms with Crippen molar-refractivity contribution >= 4 is 16.5 Å². The van der Waals surface area contributed by atoms with E-state index < -0.39 is 0 Å². The highest BCUT2D eigenvalue weighted by molar-refractivity contribution is 5.94. The number of hydrogen-bond acceptors (Lipinski definition) is 2. The predicted octanol–water partition coefficient (Wildman–Crippen LogP) is 3.42. The van der Waals surface area contributed by atoms with Crippen molar-refractivity contribution in [1.82, 2.24) is 5.32 Å². The first-order valence-corrected chi connectivity index (χ1v) is 7.34. The van der Waals surface area contributed by atoms with Gasteiger partial charge in [-0.3, -0.25) is 0 Å². The van der Waals surface area contributed by atoms with Crippen molar-refractivity contribution in [3.63, 3.8) is 0 Å². The van der Waals surface area contributed by atoms with Gasteiger partial charge in [-0.15, -0.1) is 0 Å². The van der Waals surface area contributed by atoms with Crippen LogP contribution in [-0.4, -0.2) is 25.7 Å². The van der Waals surface area contributed by atoms with Crippen molar-refractivity contribution in [2.24, 2.45) is 0 Å². The lowest BCUT2D eigenvalue weighted by molar-refractivity contribution is 0.510. The molecular weight excluding hydrogens is 232 g/mol. The van der Waals surface area contributed by atoms with Gasteiger partial charge in [-0.05, 0) is 24.3 Å². The van der Waals surface area contributed by atoms with Crippen molar-refractivity contribution in [3.8, 4) is 0 Å². The van der Waals surface area contributed by atoms with Crippen LogP contribution in [-0.2, 0) is 0 Å². The molecule has 1 N–H and O–H groups in total. The number of benzene rings is 2. The van der Waals surface area contributed by atoms with Crippen LogP contribution in [0.25, 0.3) is 10.8 Å². The summed E-state index contributed by atoms with van der Waals surface area (Å²) < 4.78 is 0. The third kappa shape index (κ3) is 2.59. The molecule has 1 heterocycles. The van der Waals surface area contributed by atoms with Crippen LogP contribution in [0.1, 0.15) is 19.8 Å². The minimum Gasteiger partial charge on any atom is -0.370 e. The summed E-state index contributed by atoms with van der Waals surface area (Å²) in [5.74, 6) is 0. The number of nitrogens with zero attached hydrogens (tertiary/aromatic N) is 1. The minimum atomic E-state index is 0.681. The Bertz CT molecular complexity index is 544. The van der Waals surface area contributed by atoms with E-state index in [4.69, 9.17) is 0 Å². The summed E-state index contributed by atoms with van der Waals surface area (Å²) in [5, 5.41) is 6.35. The van der Waals surface area contributed by atoms with Gasteiger partial charge < -0.3 is 10.2 Å². The van der Waals surface area contributed by atoms with Gasteiger partial charge in [0.15, 0.2) is 0 Å². The Hall–Kier alpha value is -1.54. The lowest BCUT2D eigenvalue weighted by atomic mass is 10.1. The summed E-state index contributed by atoms with van der Waals surface area (Å²) in [4.78, 5) is 2.53. The maximum absolute atomic E-state index is 3.64. The van der Waals surface area contributed by atoms with Crippen molar-refractivity contribution in [2.75, 3.05) is 24.5 Å². The van der Waals surface area contributed by atoms with Crippen LogP contribution in [0.4, 0.5) is 5.69 Å². The number of nitrogens with one attached hydrogen (secondary N) is 1. The molecule has 1 aliphatic rings. The van der Waals surface area contributed by atoms with Crippen molar-refractivity contribution in [2.45, 2.75) is 25.8 Å². The van der Waals surface area contributed by atoms with Gasteiger partial charge in [0.25, 0.3) is 0 Å². The maximum Gasteiger partial charge on any atom is 0.0446 e. The van der Waals surface area contributed by atoms with Crippen LogP contribution in [0.2, 0.25) is 0 Å². The molecular formula is C17H22N2. The second kappa shape index (κ2) is 5.62. The van der Waals surface area contributed by atoms with Gasteiger partial charge in [-0.2, -0.15) is 0 Å². The molecule has 0 aromatic heterocycles. The highest BCUT2D eigenvalue weighted by Crippen LogP contribution is 2.27. The quantitative estimate of drug-likeness (QED) is 0.883. The first kappa shape index (κ1) is 12.5. The fraction of sp³-hybridized carbons (Fsp3) is 0.412. The van der Waals surface area contributed by atoms with E-state index in [1.54, 1.807) is 0 Å². The fourth-order valence-corrected chi connectivity index (χ4v) is 3.00. The highest BCUT2D eigenvalue weighted by Gasteiger charge is 2.16. The normalized spacial score (nSPS) is 20.5. The standard InChI is InChI=1S/C17H22N2/c1-2-15-10-12-19(13-11-18-15)17-9-5-7-14-6-3-4-8-16(14)17/h3-9,15,18H,2,10-13H2,1H3. The monoisotopic (exact) mass is 254 g/mol. The first-order valence-electron chi connectivity index (χ1n) is 7.34. The average molecular weight is 254 g/mol. The van der Waals surface area contributed by atoms with E-state index in [2.05, 4.69) is 59.6 Å². The van der Waals surface area contributed by atoms with Gasteiger partial charge in [-0.1, -0.05) is 43.3 Å². The van der Waals surface area contributed by atoms with E-state index in [1.165, 1.54) is 29.3 Å². The summed E-state index contributed by atoms with van der Waals surface area (Å²) in [6, 6.07) is 16.0.